The fourth-order valence-electron chi connectivity index (χ4n) is 4.78. The zero-order valence-corrected chi connectivity index (χ0v) is 19.1. The van der Waals surface area contributed by atoms with Crippen molar-refractivity contribution in [3.8, 4) is 0 Å². The van der Waals surface area contributed by atoms with E-state index in [1.165, 1.54) is 12.1 Å². The van der Waals surface area contributed by atoms with Crippen molar-refractivity contribution in [3.63, 3.8) is 0 Å². The van der Waals surface area contributed by atoms with Gasteiger partial charge in [0.25, 0.3) is 0 Å². The minimum Gasteiger partial charge on any atom is -0.309 e. The molecule has 0 N–H and O–H groups in total. The van der Waals surface area contributed by atoms with Crippen LogP contribution in [0.1, 0.15) is 37.4 Å². The van der Waals surface area contributed by atoms with Crippen molar-refractivity contribution in [3.05, 3.63) is 75.7 Å². The van der Waals surface area contributed by atoms with Crippen molar-refractivity contribution in [1.82, 2.24) is 9.78 Å². The Morgan fingerprint density at radius 3 is 2.72 bits per heavy atom. The van der Waals surface area contributed by atoms with E-state index >= 15 is 0 Å². The van der Waals surface area contributed by atoms with Crippen LogP contribution in [0.25, 0.3) is 0 Å². The van der Waals surface area contributed by atoms with E-state index < -0.39 is 12.0 Å². The van der Waals surface area contributed by atoms with Crippen molar-refractivity contribution in [1.29, 1.82) is 0 Å². The molecule has 32 heavy (non-hydrogen) atoms. The first-order valence-corrected chi connectivity index (χ1v) is 11.3. The number of anilines is 1. The molecule has 0 aliphatic carbocycles. The summed E-state index contributed by atoms with van der Waals surface area (Å²) >= 11 is 12.5. The molecule has 2 aliphatic heterocycles. The number of rotatable bonds is 2. The molecule has 3 unspecified atom stereocenters. The maximum absolute atomic E-state index is 14.1. The smallest absolute Gasteiger partial charge is 0.238 e. The van der Waals surface area contributed by atoms with E-state index in [1.54, 1.807) is 34.0 Å². The van der Waals surface area contributed by atoms with E-state index in [-0.39, 0.29) is 17.8 Å². The summed E-state index contributed by atoms with van der Waals surface area (Å²) in [6.45, 7) is 3.89. The Kier molecular flexibility index (Phi) is 5.30. The predicted octanol–water partition coefficient (Wildman–Crippen LogP) is 6.01. The van der Waals surface area contributed by atoms with Gasteiger partial charge in [-0.25, -0.2) is 14.1 Å². The summed E-state index contributed by atoms with van der Waals surface area (Å²) in [5.74, 6) is -0.311. The molecule has 0 radical (unpaired) electrons. The number of amides is 1. The lowest BCUT2D eigenvalue weighted by atomic mass is 9.85. The van der Waals surface area contributed by atoms with Crippen molar-refractivity contribution in [2.24, 2.45) is 10.9 Å². The zero-order valence-electron chi connectivity index (χ0n) is 17.6. The first-order chi connectivity index (χ1) is 15.3. The van der Waals surface area contributed by atoms with Gasteiger partial charge in [0, 0.05) is 23.5 Å². The highest BCUT2D eigenvalue weighted by molar-refractivity contribution is 6.42. The second-order valence-electron chi connectivity index (χ2n) is 8.35. The van der Waals surface area contributed by atoms with Crippen LogP contribution < -0.4 is 4.90 Å². The fraction of sp³-hybridized carbons (Fsp3) is 0.292. The first-order valence-electron chi connectivity index (χ1n) is 10.5. The summed E-state index contributed by atoms with van der Waals surface area (Å²) in [4.78, 5) is 20.6. The Morgan fingerprint density at radius 1 is 1.12 bits per heavy atom. The Morgan fingerprint density at radius 2 is 1.94 bits per heavy atom. The van der Waals surface area contributed by atoms with Crippen LogP contribution in [0.3, 0.4) is 0 Å². The summed E-state index contributed by atoms with van der Waals surface area (Å²) in [6, 6.07) is 11.4. The highest BCUT2D eigenvalue weighted by Crippen LogP contribution is 2.41. The van der Waals surface area contributed by atoms with E-state index in [4.69, 9.17) is 23.2 Å². The minimum absolute atomic E-state index is 0.0262. The standard InChI is InChI=1S/C24H21Cl2FN4O/c1-13-3-4-15-11-17(27)6-8-20(15)30(13)24(32)22-14(2)29-21-9-10-28-31(21)23(22)16-5-7-18(25)19(26)12-16/h5-13,22-23H,3-4H2,1-2H3. The van der Waals surface area contributed by atoms with E-state index in [9.17, 15) is 9.18 Å². The number of fused-ring (bicyclic) bond motifs is 2. The predicted molar refractivity (Wildman–Crippen MR) is 125 cm³/mol. The first kappa shape index (κ1) is 21.2. The number of hydrogen-bond acceptors (Lipinski definition) is 3. The van der Waals surface area contributed by atoms with Gasteiger partial charge in [0.05, 0.1) is 22.3 Å². The zero-order chi connectivity index (χ0) is 22.6. The lowest BCUT2D eigenvalue weighted by molar-refractivity contribution is -0.121. The molecule has 0 saturated carbocycles. The normalized spacial score (nSPS) is 22.2. The minimum atomic E-state index is -0.599. The molecule has 0 bridgehead atoms. The summed E-state index contributed by atoms with van der Waals surface area (Å²) in [7, 11) is 0. The summed E-state index contributed by atoms with van der Waals surface area (Å²) in [5, 5.41) is 5.33. The highest BCUT2D eigenvalue weighted by atomic mass is 35.5. The SMILES string of the molecule is CC1=Nc2ccnn2C(c2ccc(Cl)c(Cl)c2)C1C(=O)N1c2ccc(F)cc2CCC1C. The van der Waals surface area contributed by atoms with Crippen LogP contribution in [-0.2, 0) is 11.2 Å². The number of nitrogens with zero attached hydrogens (tertiary/aromatic N) is 4. The summed E-state index contributed by atoms with van der Waals surface area (Å²) < 4.78 is 15.6. The third-order valence-electron chi connectivity index (χ3n) is 6.33. The molecule has 3 atom stereocenters. The molecule has 1 amide bonds. The molecule has 3 aromatic rings. The van der Waals surface area contributed by atoms with Gasteiger partial charge in [0.15, 0.2) is 5.82 Å². The van der Waals surface area contributed by atoms with Crippen LogP contribution >= 0.6 is 23.2 Å². The number of carbonyl (C=O) groups is 1. The monoisotopic (exact) mass is 470 g/mol. The topological polar surface area (TPSA) is 50.5 Å². The molecule has 0 spiro atoms. The number of aliphatic imine (C=N–C) groups is 1. The molecule has 2 aliphatic rings. The largest absolute Gasteiger partial charge is 0.309 e. The average Bonchev–Trinajstić information content (AvgIpc) is 3.22. The Hall–Kier alpha value is -2.70. The van der Waals surface area contributed by atoms with Gasteiger partial charge >= 0.3 is 0 Å². The number of halogens is 3. The van der Waals surface area contributed by atoms with Gasteiger partial charge in [-0.3, -0.25) is 4.79 Å². The molecule has 3 heterocycles. The van der Waals surface area contributed by atoms with Crippen LogP contribution in [0.5, 0.6) is 0 Å². The van der Waals surface area contributed by atoms with E-state index in [0.717, 1.165) is 29.7 Å². The number of aromatic nitrogens is 2. The number of carbonyl (C=O) groups excluding carboxylic acids is 1. The molecular formula is C24H21Cl2FN4O. The lowest BCUT2D eigenvalue weighted by Crippen LogP contribution is -2.50. The van der Waals surface area contributed by atoms with Crippen LogP contribution in [-0.4, -0.2) is 27.4 Å². The van der Waals surface area contributed by atoms with Crippen molar-refractivity contribution < 1.29 is 9.18 Å². The second kappa shape index (κ2) is 8.01. The van der Waals surface area contributed by atoms with E-state index in [0.29, 0.717) is 21.6 Å². The molecule has 5 nitrogen and oxygen atoms in total. The van der Waals surface area contributed by atoms with Gasteiger partial charge < -0.3 is 4.90 Å². The Bertz CT molecular complexity index is 1250. The van der Waals surface area contributed by atoms with Crippen molar-refractivity contribution in [2.75, 3.05) is 4.90 Å². The molecule has 8 heteroatoms. The van der Waals surface area contributed by atoms with Crippen molar-refractivity contribution >= 4 is 46.3 Å². The van der Waals surface area contributed by atoms with Crippen molar-refractivity contribution in [2.45, 2.75) is 38.8 Å². The van der Waals surface area contributed by atoms with Gasteiger partial charge in [-0.15, -0.1) is 0 Å². The van der Waals surface area contributed by atoms with Gasteiger partial charge in [0.1, 0.15) is 11.7 Å². The fourth-order valence-corrected chi connectivity index (χ4v) is 5.09. The summed E-state index contributed by atoms with van der Waals surface area (Å²) in [6.07, 6.45) is 3.16. The highest BCUT2D eigenvalue weighted by Gasteiger charge is 2.42. The molecule has 5 rings (SSSR count). The van der Waals surface area contributed by atoms with Gasteiger partial charge in [0.2, 0.25) is 5.91 Å². The van der Waals surface area contributed by atoms with Crippen LogP contribution in [0.2, 0.25) is 10.0 Å². The number of benzene rings is 2. The molecule has 0 saturated heterocycles. The summed E-state index contributed by atoms with van der Waals surface area (Å²) in [5.41, 5.74) is 3.11. The average molecular weight is 471 g/mol. The number of hydrogen-bond donors (Lipinski definition) is 0. The maximum atomic E-state index is 14.1. The van der Waals surface area contributed by atoms with E-state index in [2.05, 4.69) is 10.1 Å². The Labute approximate surface area is 195 Å². The Balaban J connectivity index is 1.64. The molecule has 1 aromatic heterocycles. The number of aryl methyl sites for hydroxylation is 1. The molecule has 0 fully saturated rings. The maximum Gasteiger partial charge on any atom is 0.238 e. The lowest BCUT2D eigenvalue weighted by Gasteiger charge is -2.40. The molecule has 2 aromatic carbocycles. The third-order valence-corrected chi connectivity index (χ3v) is 7.07. The molecule has 164 valence electrons. The van der Waals surface area contributed by atoms with Gasteiger partial charge in [-0.1, -0.05) is 29.3 Å². The van der Waals surface area contributed by atoms with Crippen LogP contribution in [0, 0.1) is 11.7 Å². The van der Waals surface area contributed by atoms with Crippen LogP contribution in [0.15, 0.2) is 53.7 Å². The van der Waals surface area contributed by atoms with Gasteiger partial charge in [-0.05, 0) is 68.1 Å². The molecular weight excluding hydrogens is 450 g/mol. The van der Waals surface area contributed by atoms with E-state index in [1.807, 2.05) is 26.0 Å². The quantitative estimate of drug-likeness (QED) is 0.460. The van der Waals surface area contributed by atoms with Crippen LogP contribution in [0.4, 0.5) is 15.9 Å². The third kappa shape index (κ3) is 3.42. The van der Waals surface area contributed by atoms with Gasteiger partial charge in [-0.2, -0.15) is 5.10 Å². The second-order valence-corrected chi connectivity index (χ2v) is 9.17.